The number of nitrogens with zero attached hydrogens (tertiary/aromatic N) is 2. The maximum atomic E-state index is 12.9. The van der Waals surface area contributed by atoms with Gasteiger partial charge in [-0.25, -0.2) is 4.98 Å². The molecule has 0 atom stereocenters. The molecule has 0 aliphatic carbocycles. The molecule has 8 nitrogen and oxygen atoms in total. The van der Waals surface area contributed by atoms with Crippen molar-refractivity contribution >= 4 is 42.5 Å². The predicted octanol–water partition coefficient (Wildman–Crippen LogP) is 2.28. The molecule has 0 saturated carbocycles. The molecule has 0 spiro atoms. The summed E-state index contributed by atoms with van der Waals surface area (Å²) in [5.74, 6) is 0.263. The largest absolute Gasteiger partial charge is 0.497 e. The average molecular weight is 427 g/mol. The summed E-state index contributed by atoms with van der Waals surface area (Å²) in [6, 6.07) is 14.6. The number of hydrogen-bond acceptors (Lipinski definition) is 5. The summed E-state index contributed by atoms with van der Waals surface area (Å²) in [7, 11) is 10.7. The number of nitrogens with one attached hydrogen (secondary N) is 3. The summed E-state index contributed by atoms with van der Waals surface area (Å²) in [4.78, 5) is 31.4. The van der Waals surface area contributed by atoms with E-state index in [-0.39, 0.29) is 5.56 Å². The van der Waals surface area contributed by atoms with Crippen molar-refractivity contribution in [3.05, 3.63) is 77.5 Å². The van der Waals surface area contributed by atoms with Crippen LogP contribution in [0.15, 0.2) is 60.8 Å². The molecule has 3 N–H and O–H groups in total. The van der Waals surface area contributed by atoms with Crippen molar-refractivity contribution in [2.75, 3.05) is 31.8 Å². The Morgan fingerprint density at radius 2 is 1.66 bits per heavy atom. The lowest BCUT2D eigenvalue weighted by atomic mass is 9.99. The van der Waals surface area contributed by atoms with Crippen LogP contribution >= 0.6 is 0 Å². The van der Waals surface area contributed by atoms with Crippen LogP contribution in [0.4, 0.5) is 11.5 Å². The fourth-order valence-electron chi connectivity index (χ4n) is 2.84. The standard InChI is InChI=1S/C23H22BN5O3/c1-29(2)21(25)14-4-6-15(7-5-14)22(30)27-19-10-9-17(32-3)12-18(19)23(31)28-20-11-8-16(24)13-26-20/h4-13,25H,1-3H3,(H,27,30)(H,26,28,31). The van der Waals surface area contributed by atoms with Gasteiger partial charge >= 0.3 is 0 Å². The number of carbonyl (C=O) groups is 2. The third-order valence-corrected chi connectivity index (χ3v) is 4.62. The molecule has 1 heterocycles. The van der Waals surface area contributed by atoms with Crippen molar-refractivity contribution in [3.8, 4) is 5.75 Å². The summed E-state index contributed by atoms with van der Waals surface area (Å²) < 4.78 is 5.22. The van der Waals surface area contributed by atoms with Crippen molar-refractivity contribution in [2.24, 2.45) is 0 Å². The molecule has 2 amide bonds. The lowest BCUT2D eigenvalue weighted by Gasteiger charge is -2.15. The summed E-state index contributed by atoms with van der Waals surface area (Å²) in [5.41, 5.74) is 2.08. The van der Waals surface area contributed by atoms with Crippen LogP contribution in [0.5, 0.6) is 5.75 Å². The van der Waals surface area contributed by atoms with Gasteiger partial charge in [-0.2, -0.15) is 0 Å². The van der Waals surface area contributed by atoms with Crippen molar-refractivity contribution in [2.45, 2.75) is 0 Å². The van der Waals surface area contributed by atoms with Gasteiger partial charge in [0, 0.05) is 31.4 Å². The average Bonchev–Trinajstić information content (AvgIpc) is 2.80. The zero-order valence-corrected chi connectivity index (χ0v) is 18.0. The highest BCUT2D eigenvalue weighted by molar-refractivity contribution is 6.32. The van der Waals surface area contributed by atoms with Gasteiger partial charge in [-0.3, -0.25) is 15.0 Å². The number of aromatic nitrogens is 1. The second-order valence-corrected chi connectivity index (χ2v) is 7.12. The Kier molecular flexibility index (Phi) is 6.89. The van der Waals surface area contributed by atoms with E-state index in [0.29, 0.717) is 39.7 Å². The minimum Gasteiger partial charge on any atom is -0.497 e. The van der Waals surface area contributed by atoms with E-state index in [1.165, 1.54) is 19.4 Å². The number of carbonyl (C=O) groups excluding carboxylic acids is 2. The van der Waals surface area contributed by atoms with E-state index in [1.807, 2.05) is 0 Å². The molecule has 160 valence electrons. The first-order valence-corrected chi connectivity index (χ1v) is 9.67. The summed E-state index contributed by atoms with van der Waals surface area (Å²) in [6.45, 7) is 0. The van der Waals surface area contributed by atoms with Gasteiger partial charge in [-0.15, -0.1) is 0 Å². The van der Waals surface area contributed by atoms with Crippen molar-refractivity contribution < 1.29 is 14.3 Å². The molecule has 1 aromatic heterocycles. The van der Waals surface area contributed by atoms with Gasteiger partial charge in [0.25, 0.3) is 11.8 Å². The molecule has 9 heteroatoms. The van der Waals surface area contributed by atoms with Gasteiger partial charge in [-0.05, 0) is 36.4 Å². The normalized spacial score (nSPS) is 10.2. The van der Waals surface area contributed by atoms with E-state index in [2.05, 4.69) is 15.6 Å². The van der Waals surface area contributed by atoms with E-state index < -0.39 is 11.8 Å². The second kappa shape index (κ2) is 9.78. The molecule has 3 rings (SSSR count). The van der Waals surface area contributed by atoms with Crippen LogP contribution < -0.4 is 20.8 Å². The summed E-state index contributed by atoms with van der Waals surface area (Å²) in [5, 5.41) is 13.5. The van der Waals surface area contributed by atoms with Crippen molar-refractivity contribution in [1.82, 2.24) is 9.88 Å². The van der Waals surface area contributed by atoms with E-state index in [1.54, 1.807) is 67.5 Å². The number of rotatable bonds is 6. The van der Waals surface area contributed by atoms with Gasteiger partial charge < -0.3 is 20.3 Å². The van der Waals surface area contributed by atoms with Gasteiger partial charge in [-0.1, -0.05) is 23.7 Å². The first kappa shape index (κ1) is 22.5. The van der Waals surface area contributed by atoms with E-state index >= 15 is 0 Å². The Labute approximate surface area is 187 Å². The van der Waals surface area contributed by atoms with Crippen LogP contribution in [-0.4, -0.2) is 56.6 Å². The molecule has 0 aliphatic rings. The quantitative estimate of drug-likeness (QED) is 0.318. The third-order valence-electron chi connectivity index (χ3n) is 4.62. The first-order chi connectivity index (χ1) is 15.3. The van der Waals surface area contributed by atoms with E-state index in [4.69, 9.17) is 18.0 Å². The number of hydrogen-bond donors (Lipinski definition) is 3. The van der Waals surface area contributed by atoms with E-state index in [9.17, 15) is 9.59 Å². The molecule has 2 aromatic carbocycles. The highest BCUT2D eigenvalue weighted by Gasteiger charge is 2.17. The van der Waals surface area contributed by atoms with Crippen LogP contribution in [0, 0.1) is 5.41 Å². The topological polar surface area (TPSA) is 107 Å². The van der Waals surface area contributed by atoms with Crippen LogP contribution in [0.2, 0.25) is 0 Å². The number of ether oxygens (including phenoxy) is 1. The number of amides is 2. The number of anilines is 2. The summed E-state index contributed by atoms with van der Waals surface area (Å²) in [6.07, 6.45) is 1.43. The van der Waals surface area contributed by atoms with Gasteiger partial charge in [0.1, 0.15) is 25.2 Å². The number of amidine groups is 1. The molecule has 32 heavy (non-hydrogen) atoms. The zero-order chi connectivity index (χ0) is 23.3. The molecule has 3 aromatic rings. The minimum absolute atomic E-state index is 0.210. The lowest BCUT2D eigenvalue weighted by Crippen LogP contribution is -2.22. The summed E-state index contributed by atoms with van der Waals surface area (Å²) >= 11 is 0. The second-order valence-electron chi connectivity index (χ2n) is 7.12. The van der Waals surface area contributed by atoms with E-state index in [0.717, 1.165) is 0 Å². The monoisotopic (exact) mass is 427 g/mol. The Bertz CT molecular complexity index is 1150. The predicted molar refractivity (Wildman–Crippen MR) is 125 cm³/mol. The number of benzene rings is 2. The Hall–Kier alpha value is -4.14. The SMILES string of the molecule is [B]c1ccc(NC(=O)c2cc(OC)ccc2NC(=O)c2ccc(C(=N)N(C)C)cc2)nc1. The maximum absolute atomic E-state index is 12.9. The van der Waals surface area contributed by atoms with Crippen LogP contribution in [0.25, 0.3) is 0 Å². The Morgan fingerprint density at radius 1 is 0.969 bits per heavy atom. The fraction of sp³-hybridized carbons (Fsp3) is 0.130. The third kappa shape index (κ3) is 5.31. The molecule has 0 fully saturated rings. The Balaban J connectivity index is 1.82. The first-order valence-electron chi connectivity index (χ1n) is 9.67. The zero-order valence-electron chi connectivity index (χ0n) is 18.0. The highest BCUT2D eigenvalue weighted by Crippen LogP contribution is 2.24. The lowest BCUT2D eigenvalue weighted by molar-refractivity contribution is 0.102. The number of pyridine rings is 1. The van der Waals surface area contributed by atoms with Crippen LogP contribution in [0.1, 0.15) is 26.3 Å². The van der Waals surface area contributed by atoms with Gasteiger partial charge in [0.2, 0.25) is 0 Å². The van der Waals surface area contributed by atoms with Crippen molar-refractivity contribution in [1.29, 1.82) is 5.41 Å². The van der Waals surface area contributed by atoms with Crippen molar-refractivity contribution in [3.63, 3.8) is 0 Å². The molecule has 0 bridgehead atoms. The molecule has 2 radical (unpaired) electrons. The number of methoxy groups -OCH3 is 1. The molecule has 0 saturated heterocycles. The smallest absolute Gasteiger partial charge is 0.259 e. The highest BCUT2D eigenvalue weighted by atomic mass is 16.5. The molecular weight excluding hydrogens is 405 g/mol. The van der Waals surface area contributed by atoms with Gasteiger partial charge in [0.15, 0.2) is 0 Å². The maximum Gasteiger partial charge on any atom is 0.259 e. The fourth-order valence-corrected chi connectivity index (χ4v) is 2.84. The minimum atomic E-state index is -0.466. The Morgan fingerprint density at radius 3 is 2.25 bits per heavy atom. The van der Waals surface area contributed by atoms with Gasteiger partial charge in [0.05, 0.1) is 18.4 Å². The van der Waals surface area contributed by atoms with Crippen LogP contribution in [-0.2, 0) is 0 Å². The molecule has 0 aliphatic heterocycles. The van der Waals surface area contributed by atoms with Crippen LogP contribution in [0.3, 0.4) is 0 Å². The molecular formula is C23H22BN5O3. The molecule has 0 unspecified atom stereocenters.